The van der Waals surface area contributed by atoms with Gasteiger partial charge in [0.2, 0.25) is 5.91 Å². The maximum Gasteiger partial charge on any atom is 0.258 e. The number of aliphatic hydroxyl groups is 10. The lowest BCUT2D eigenvalue weighted by atomic mass is 10.1. The third-order valence-corrected chi connectivity index (χ3v) is 14.7. The maximum atomic E-state index is 14.0. The number of rotatable bonds is 22. The van der Waals surface area contributed by atoms with Crippen LogP contribution in [0.2, 0.25) is 0 Å². The zero-order valence-corrected chi connectivity index (χ0v) is 45.0. The van der Waals surface area contributed by atoms with Crippen LogP contribution >= 0.6 is 136 Å². The predicted molar refractivity (Wildman–Crippen MR) is 269 cm³/mol. The molecule has 0 aliphatic carbocycles. The highest BCUT2D eigenvalue weighted by atomic mass is 127. The SMILES string of the molecule is CC(=O)N(CC(O)CNC(=O)c1c(I)c(NC(=O)C(O)CO)c(I)c(C(=O)N(CO)CC(O)CO)c1I)c1c(I)c(C(=O)NCC(O)CO)c(I)c(C(=O)NCC(O)CO)c1I. The summed E-state index contributed by atoms with van der Waals surface area (Å²) in [6.45, 7) is -5.32. The highest BCUT2D eigenvalue weighted by Crippen LogP contribution is 2.39. The normalized spacial score (nSPS) is 13.6. The number of benzene rings is 2. The summed E-state index contributed by atoms with van der Waals surface area (Å²) in [5.41, 5.74) is -0.886. The van der Waals surface area contributed by atoms with Crippen molar-refractivity contribution < 1.29 is 79.8 Å². The largest absolute Gasteiger partial charge is 0.394 e. The van der Waals surface area contributed by atoms with E-state index in [2.05, 4.69) is 21.3 Å². The molecule has 5 atom stereocenters. The Labute approximate surface area is 435 Å². The summed E-state index contributed by atoms with van der Waals surface area (Å²) in [4.78, 5) is 82.7. The highest BCUT2D eigenvalue weighted by molar-refractivity contribution is 14.1. The van der Waals surface area contributed by atoms with Crippen molar-refractivity contribution in [2.75, 3.05) is 76.1 Å². The highest BCUT2D eigenvalue weighted by Gasteiger charge is 2.34. The Morgan fingerprint density at radius 1 is 0.532 bits per heavy atom. The Kier molecular flexibility index (Phi) is 25.1. The van der Waals surface area contributed by atoms with Crippen LogP contribution in [0.3, 0.4) is 0 Å². The Balaban J connectivity index is 2.68. The predicted octanol–water partition coefficient (Wildman–Crippen LogP) is -2.34. The van der Waals surface area contributed by atoms with Gasteiger partial charge in [0.25, 0.3) is 29.5 Å². The van der Waals surface area contributed by atoms with Crippen LogP contribution in [0.15, 0.2) is 0 Å². The van der Waals surface area contributed by atoms with Gasteiger partial charge >= 0.3 is 0 Å². The van der Waals surface area contributed by atoms with Crippen molar-refractivity contribution in [2.45, 2.75) is 37.4 Å². The van der Waals surface area contributed by atoms with E-state index in [1.165, 1.54) is 0 Å². The zero-order valence-electron chi connectivity index (χ0n) is 32.0. The second-order valence-corrected chi connectivity index (χ2v) is 19.4. The summed E-state index contributed by atoms with van der Waals surface area (Å²) in [5, 5.41) is 108. The van der Waals surface area contributed by atoms with Crippen molar-refractivity contribution in [1.82, 2.24) is 20.9 Å². The molecule has 2 aromatic rings. The summed E-state index contributed by atoms with van der Waals surface area (Å²) in [6.07, 6.45) is -7.60. The molecule has 0 aromatic heterocycles. The summed E-state index contributed by atoms with van der Waals surface area (Å²) in [6, 6.07) is 0. The van der Waals surface area contributed by atoms with Crippen LogP contribution in [0.4, 0.5) is 11.4 Å². The van der Waals surface area contributed by atoms with E-state index >= 15 is 0 Å². The Hall–Kier alpha value is -0.760. The van der Waals surface area contributed by atoms with Crippen LogP contribution in [0.1, 0.15) is 48.4 Å². The van der Waals surface area contributed by atoms with Crippen LogP contribution in [-0.2, 0) is 9.59 Å². The van der Waals surface area contributed by atoms with Gasteiger partial charge in [-0.25, -0.2) is 0 Å². The van der Waals surface area contributed by atoms with E-state index in [0.717, 1.165) is 16.7 Å². The summed E-state index contributed by atoms with van der Waals surface area (Å²) in [5.74, 6) is -5.27. The molecule has 5 unspecified atom stereocenters. The van der Waals surface area contributed by atoms with Gasteiger partial charge in [-0.05, 0) is 136 Å². The molecule has 0 spiro atoms. The molecule has 0 bridgehead atoms. The lowest BCUT2D eigenvalue weighted by Crippen LogP contribution is -2.44. The number of aliphatic hydroxyl groups excluding tert-OH is 10. The molecule has 0 fully saturated rings. The van der Waals surface area contributed by atoms with E-state index in [1.54, 1.807) is 136 Å². The topological polar surface area (TPSA) is 359 Å². The molecule has 2 rings (SSSR count). The van der Waals surface area contributed by atoms with E-state index in [9.17, 15) is 79.8 Å². The molecule has 0 aliphatic rings. The average molecular weight is 1550 g/mol. The number of hydrogen-bond acceptors (Lipinski definition) is 16. The lowest BCUT2D eigenvalue weighted by molar-refractivity contribution is -0.125. The molecule has 0 saturated carbocycles. The minimum atomic E-state index is -1.90. The van der Waals surface area contributed by atoms with E-state index in [0.29, 0.717) is 0 Å². The molecular formula is C34H42I6N6O16. The van der Waals surface area contributed by atoms with E-state index in [-0.39, 0.29) is 68.1 Å². The number of nitrogens with one attached hydrogen (secondary N) is 4. The quantitative estimate of drug-likeness (QED) is 0.0434. The number of hydrogen-bond donors (Lipinski definition) is 14. The number of carbonyl (C=O) groups is 6. The first-order valence-corrected chi connectivity index (χ1v) is 24.1. The molecule has 0 saturated heterocycles. The molecule has 22 nitrogen and oxygen atoms in total. The first-order valence-electron chi connectivity index (χ1n) is 17.6. The van der Waals surface area contributed by atoms with Crippen LogP contribution in [0.25, 0.3) is 0 Å². The van der Waals surface area contributed by atoms with Crippen LogP contribution < -0.4 is 26.2 Å². The second kappa shape index (κ2) is 27.2. The fourth-order valence-electron chi connectivity index (χ4n) is 5.09. The van der Waals surface area contributed by atoms with E-state index in [1.807, 2.05) is 0 Å². The van der Waals surface area contributed by atoms with Gasteiger partial charge < -0.3 is 82.1 Å². The molecule has 0 aliphatic heterocycles. The first-order chi connectivity index (χ1) is 29.0. The third-order valence-electron chi connectivity index (χ3n) is 8.29. The van der Waals surface area contributed by atoms with Gasteiger partial charge in [0.1, 0.15) is 6.73 Å². The van der Waals surface area contributed by atoms with Crippen molar-refractivity contribution in [2.24, 2.45) is 0 Å². The van der Waals surface area contributed by atoms with Crippen molar-refractivity contribution in [1.29, 1.82) is 0 Å². The van der Waals surface area contributed by atoms with E-state index in [4.69, 9.17) is 0 Å². The average Bonchev–Trinajstić information content (AvgIpc) is 3.23. The minimum Gasteiger partial charge on any atom is -0.394 e. The van der Waals surface area contributed by atoms with Crippen molar-refractivity contribution >= 4 is 182 Å². The third kappa shape index (κ3) is 14.9. The maximum absolute atomic E-state index is 14.0. The minimum absolute atomic E-state index is 0.0136. The number of carbonyl (C=O) groups excluding carboxylic acids is 6. The van der Waals surface area contributed by atoms with Crippen LogP contribution in [0, 0.1) is 21.4 Å². The lowest BCUT2D eigenvalue weighted by Gasteiger charge is -2.29. The number of halogens is 6. The smallest absolute Gasteiger partial charge is 0.258 e. The number of anilines is 2. The molecule has 62 heavy (non-hydrogen) atoms. The fourth-order valence-corrected chi connectivity index (χ4v) is 14.2. The fraction of sp³-hybridized carbons (Fsp3) is 0.471. The van der Waals surface area contributed by atoms with Gasteiger partial charge in [0, 0.05) is 33.7 Å². The molecule has 14 N–H and O–H groups in total. The van der Waals surface area contributed by atoms with Crippen LogP contribution in [0.5, 0.6) is 0 Å². The number of amides is 6. The Morgan fingerprint density at radius 2 is 0.935 bits per heavy atom. The molecule has 6 amide bonds. The standard InChI is InChI=1S/C34H42I6N6O16/c1-12(52)46(29-26(39)19(32(60)42-3-14(54)7-47)22(35)20(27(29)40)33(61)43-4-15(55)8-48)6-13(53)2-41-31(59)18-23(36)21(34(62)45(11-51)5-16(56)9-49)25(38)28(24(18)37)44-30(58)17(57)10-50/h13-17,47-51,53-57H,2-11H2,1H3,(H,41,59)(H,42,60)(H,43,61)(H,44,58). The zero-order chi connectivity index (χ0) is 47.3. The van der Waals surface area contributed by atoms with Gasteiger partial charge in [-0.2, -0.15) is 0 Å². The molecule has 0 heterocycles. The van der Waals surface area contributed by atoms with Crippen molar-refractivity contribution in [3.05, 3.63) is 43.7 Å². The van der Waals surface area contributed by atoms with Crippen molar-refractivity contribution in [3.63, 3.8) is 0 Å². The van der Waals surface area contributed by atoms with Crippen molar-refractivity contribution in [3.8, 4) is 0 Å². The first kappa shape index (κ1) is 57.4. The van der Waals surface area contributed by atoms with E-state index < -0.39 is 119 Å². The van der Waals surface area contributed by atoms with Crippen LogP contribution in [-0.4, -0.2) is 188 Å². The summed E-state index contributed by atoms with van der Waals surface area (Å²) in [7, 11) is 0. The van der Waals surface area contributed by atoms with Gasteiger partial charge in [-0.15, -0.1) is 0 Å². The molecule has 28 heteroatoms. The summed E-state index contributed by atoms with van der Waals surface area (Å²) < 4.78 is 0.380. The van der Waals surface area contributed by atoms with Gasteiger partial charge in [0.05, 0.1) is 112 Å². The Bertz CT molecular complexity index is 1950. The Morgan fingerprint density at radius 3 is 1.34 bits per heavy atom. The molecular weight excluding hydrogens is 1510 g/mol. The van der Waals surface area contributed by atoms with Gasteiger partial charge in [-0.3, -0.25) is 28.8 Å². The second-order valence-electron chi connectivity index (χ2n) is 12.9. The molecule has 346 valence electrons. The summed E-state index contributed by atoms with van der Waals surface area (Å²) >= 11 is 10.4. The monoisotopic (exact) mass is 1550 g/mol. The van der Waals surface area contributed by atoms with Gasteiger partial charge in [0.15, 0.2) is 6.10 Å². The molecule has 0 radical (unpaired) electrons. The number of nitrogens with zero attached hydrogens (tertiary/aromatic N) is 2. The van der Waals surface area contributed by atoms with Gasteiger partial charge in [-0.1, -0.05) is 0 Å². The molecule has 2 aromatic carbocycles.